The lowest BCUT2D eigenvalue weighted by atomic mass is 10.0. The predicted molar refractivity (Wildman–Crippen MR) is 212 cm³/mol. The van der Waals surface area contributed by atoms with Crippen molar-refractivity contribution >= 4 is 56.5 Å². The standard InChI is InChI=1S/C40H35ClF6N8O5S/c1-53-34-29(6-5-26(41)32(34)37(51-53)52-61(2)58)55-38(49-27-15-22(3-4-23(27)39(55)57)60-21-7-9-59-10-8-21)28(13-18-11-19(42)14-20(43)12-18)48-30(56)17-54-35-31(33(50-54)36(44)45)24-16-25(24)40(35,46)47/h3-6,11-12,14-15,21,24-25,28,36H,7-10,13,16-17H2,1-2H3,(H,48,56)(H,51,52)/t24?,25-,28?,61?/m1/s1. The number of carbonyl (C=O) groups excluding carboxylic acids is 1. The van der Waals surface area contributed by atoms with Crippen molar-refractivity contribution in [2.45, 2.75) is 62.6 Å². The van der Waals surface area contributed by atoms with Crippen molar-refractivity contribution in [2.75, 3.05) is 24.2 Å². The molecule has 0 bridgehead atoms. The van der Waals surface area contributed by atoms with E-state index in [9.17, 15) is 31.7 Å². The number of aryl methyl sites for hydroxylation is 1. The van der Waals surface area contributed by atoms with Crippen molar-refractivity contribution in [3.63, 3.8) is 0 Å². The Bertz CT molecular complexity index is 2770. The minimum atomic E-state index is -3.52. The maximum absolute atomic E-state index is 15.5. The molecule has 1 saturated carbocycles. The Kier molecular flexibility index (Phi) is 10.5. The number of hydrogen-bond acceptors (Lipinski definition) is 9. The molecule has 4 atom stereocenters. The second-order valence-electron chi connectivity index (χ2n) is 15.3. The molecule has 9 rings (SSSR count). The molecule has 0 radical (unpaired) electrons. The van der Waals surface area contributed by atoms with Gasteiger partial charge >= 0.3 is 0 Å². The first-order valence-electron chi connectivity index (χ1n) is 19.2. The minimum Gasteiger partial charge on any atom is -0.593 e. The SMILES string of the molecule is Cn1nc(N[S+](C)[O-])c2c(Cl)ccc(-n3c(C(Cc4cc(F)cc(F)c4)NC(=O)Cn4nc(C(F)F)c5c4C(F)(F)[C@@H]4CC54)nc4cc(OC5CCOCC5)ccc4c3=O)c21. The summed E-state index contributed by atoms with van der Waals surface area (Å²) in [6, 6.07) is 8.83. The van der Waals surface area contributed by atoms with Gasteiger partial charge in [0.15, 0.2) is 0 Å². The monoisotopic (exact) mass is 888 g/mol. The molecule has 13 nitrogen and oxygen atoms in total. The quantitative estimate of drug-likeness (QED) is 0.0987. The lowest BCUT2D eigenvalue weighted by Crippen LogP contribution is -2.38. The zero-order chi connectivity index (χ0) is 43.1. The van der Waals surface area contributed by atoms with E-state index in [1.54, 1.807) is 13.1 Å². The van der Waals surface area contributed by atoms with E-state index in [0.717, 1.165) is 16.7 Å². The molecule has 2 fully saturated rings. The Hall–Kier alpha value is -5.31. The van der Waals surface area contributed by atoms with Gasteiger partial charge < -0.3 is 19.3 Å². The minimum absolute atomic E-state index is 0.00517. The first kappa shape index (κ1) is 41.1. The Morgan fingerprint density at radius 2 is 1.84 bits per heavy atom. The summed E-state index contributed by atoms with van der Waals surface area (Å²) >= 11 is 5.07. The van der Waals surface area contributed by atoms with Crippen molar-refractivity contribution in [3.8, 4) is 11.4 Å². The average molecular weight is 889 g/mol. The topological polar surface area (TPSA) is 153 Å². The zero-order valence-corrected chi connectivity index (χ0v) is 33.8. The molecule has 2 aliphatic carbocycles. The summed E-state index contributed by atoms with van der Waals surface area (Å²) < 4.78 is 119. The Balaban J connectivity index is 1.22. The van der Waals surface area contributed by atoms with Crippen molar-refractivity contribution in [3.05, 3.63) is 104 Å². The molecule has 3 aromatic carbocycles. The van der Waals surface area contributed by atoms with E-state index in [1.165, 1.54) is 35.2 Å². The van der Waals surface area contributed by atoms with E-state index in [2.05, 4.69) is 20.2 Å². The van der Waals surface area contributed by atoms with Crippen molar-refractivity contribution in [2.24, 2.45) is 13.0 Å². The van der Waals surface area contributed by atoms with E-state index in [-0.39, 0.29) is 67.8 Å². The van der Waals surface area contributed by atoms with Gasteiger partial charge in [-0.15, -0.1) is 5.10 Å². The zero-order valence-electron chi connectivity index (χ0n) is 32.2. The molecular formula is C40H35ClF6N8O5S. The summed E-state index contributed by atoms with van der Waals surface area (Å²) in [6.07, 6.45) is -1.17. The number of ether oxygens (including phenoxy) is 2. The molecule has 3 aliphatic rings. The number of alkyl halides is 4. The fourth-order valence-corrected chi connectivity index (χ4v) is 9.24. The third-order valence-electron chi connectivity index (χ3n) is 11.2. The lowest BCUT2D eigenvalue weighted by molar-refractivity contribution is -0.123. The largest absolute Gasteiger partial charge is 0.593 e. The molecule has 320 valence electrons. The van der Waals surface area contributed by atoms with Crippen molar-refractivity contribution in [1.82, 2.24) is 34.4 Å². The molecule has 1 saturated heterocycles. The van der Waals surface area contributed by atoms with Crippen molar-refractivity contribution in [1.29, 1.82) is 0 Å². The lowest BCUT2D eigenvalue weighted by Gasteiger charge is -2.25. The first-order chi connectivity index (χ1) is 29.1. The van der Waals surface area contributed by atoms with Gasteiger partial charge in [0.25, 0.3) is 17.9 Å². The van der Waals surface area contributed by atoms with Crippen LogP contribution in [0.5, 0.6) is 5.75 Å². The average Bonchev–Trinajstić information content (AvgIpc) is 3.73. The van der Waals surface area contributed by atoms with Gasteiger partial charge in [0.2, 0.25) is 11.7 Å². The Labute approximate surface area is 350 Å². The van der Waals surface area contributed by atoms with Crippen LogP contribution in [-0.4, -0.2) is 65.1 Å². The number of anilines is 1. The molecule has 2 N–H and O–H groups in total. The van der Waals surface area contributed by atoms with E-state index in [4.69, 9.17) is 26.1 Å². The Morgan fingerprint density at radius 1 is 1.10 bits per heavy atom. The third-order valence-corrected chi connectivity index (χ3v) is 12.0. The molecule has 6 aromatic rings. The smallest absolute Gasteiger partial charge is 0.293 e. The number of benzene rings is 3. The summed E-state index contributed by atoms with van der Waals surface area (Å²) in [6.45, 7) is 0.0348. The molecule has 4 heterocycles. The van der Waals surface area contributed by atoms with Crippen molar-refractivity contribution < 1.29 is 45.2 Å². The first-order valence-corrected chi connectivity index (χ1v) is 21.1. The number of halogens is 7. The molecule has 0 spiro atoms. The summed E-state index contributed by atoms with van der Waals surface area (Å²) in [7, 11) is 1.55. The van der Waals surface area contributed by atoms with Gasteiger partial charge in [0, 0.05) is 49.9 Å². The fourth-order valence-electron chi connectivity index (χ4n) is 8.58. The number of aromatic nitrogens is 6. The van der Waals surface area contributed by atoms with Crippen LogP contribution in [0.2, 0.25) is 5.02 Å². The van der Waals surface area contributed by atoms with Crippen LogP contribution in [0.1, 0.15) is 66.0 Å². The summed E-state index contributed by atoms with van der Waals surface area (Å²) in [5.41, 5.74) is -2.05. The van der Waals surface area contributed by atoms with Crippen LogP contribution in [0.25, 0.3) is 27.5 Å². The normalized spacial score (nSPS) is 19.3. The van der Waals surface area contributed by atoms with Gasteiger partial charge in [0.05, 0.1) is 63.1 Å². The summed E-state index contributed by atoms with van der Waals surface area (Å²) in [4.78, 5) is 34.0. The molecule has 1 aliphatic heterocycles. The number of nitrogens with one attached hydrogen (secondary N) is 2. The molecule has 21 heteroatoms. The van der Waals surface area contributed by atoms with Crippen LogP contribution in [0.15, 0.2) is 53.3 Å². The Morgan fingerprint density at radius 3 is 2.54 bits per heavy atom. The van der Waals surface area contributed by atoms with Crippen LogP contribution in [-0.2, 0) is 46.8 Å². The second-order valence-corrected chi connectivity index (χ2v) is 16.8. The maximum atomic E-state index is 15.5. The summed E-state index contributed by atoms with van der Waals surface area (Å²) in [5, 5.41) is 11.4. The molecule has 1 amide bonds. The molecule has 61 heavy (non-hydrogen) atoms. The number of fused-ring (bicyclic) bond motifs is 5. The van der Waals surface area contributed by atoms with E-state index in [0.29, 0.717) is 42.6 Å². The molecule has 3 unspecified atom stereocenters. The van der Waals surface area contributed by atoms with Crippen LogP contribution in [0.3, 0.4) is 0 Å². The van der Waals surface area contributed by atoms with Gasteiger partial charge in [-0.25, -0.2) is 22.5 Å². The number of nitrogens with zero attached hydrogens (tertiary/aromatic N) is 6. The third kappa shape index (κ3) is 7.46. The predicted octanol–water partition coefficient (Wildman–Crippen LogP) is 6.91. The van der Waals surface area contributed by atoms with Crippen LogP contribution < -0.4 is 20.3 Å². The molecular weight excluding hydrogens is 854 g/mol. The van der Waals surface area contributed by atoms with E-state index < -0.39 is 89.0 Å². The highest BCUT2D eigenvalue weighted by molar-refractivity contribution is 7.92. The highest BCUT2D eigenvalue weighted by Gasteiger charge is 2.67. The van der Waals surface area contributed by atoms with Crippen LogP contribution >= 0.6 is 11.6 Å². The van der Waals surface area contributed by atoms with E-state index >= 15 is 8.78 Å². The number of hydrogen-bond donors (Lipinski definition) is 2. The van der Waals surface area contributed by atoms with Gasteiger partial charge in [-0.2, -0.15) is 18.6 Å². The van der Waals surface area contributed by atoms with E-state index in [1.807, 2.05) is 0 Å². The maximum Gasteiger partial charge on any atom is 0.293 e. The number of rotatable bonds is 12. The highest BCUT2D eigenvalue weighted by Crippen LogP contribution is 2.68. The van der Waals surface area contributed by atoms with Gasteiger partial charge in [-0.05, 0) is 54.3 Å². The number of amides is 1. The fraction of sp³-hybridized carbons (Fsp3) is 0.375. The second kappa shape index (κ2) is 15.5. The van der Waals surface area contributed by atoms with Crippen LogP contribution in [0.4, 0.5) is 32.2 Å². The van der Waals surface area contributed by atoms with Crippen LogP contribution in [0, 0.1) is 17.6 Å². The number of carbonyl (C=O) groups is 1. The molecule has 3 aromatic heterocycles. The van der Waals surface area contributed by atoms with Gasteiger partial charge in [-0.1, -0.05) is 11.6 Å². The van der Waals surface area contributed by atoms with Gasteiger partial charge in [0.1, 0.15) is 53.5 Å². The highest BCUT2D eigenvalue weighted by atomic mass is 35.5. The summed E-state index contributed by atoms with van der Waals surface area (Å²) in [5.74, 6) is -8.14. The van der Waals surface area contributed by atoms with Gasteiger partial charge in [-0.3, -0.25) is 23.5 Å².